The van der Waals surface area contributed by atoms with Gasteiger partial charge < -0.3 is 9.47 Å². The van der Waals surface area contributed by atoms with E-state index in [0.717, 1.165) is 29.8 Å². The molecule has 3 aromatic heterocycles. The van der Waals surface area contributed by atoms with Crippen LogP contribution in [0.1, 0.15) is 40.5 Å². The van der Waals surface area contributed by atoms with Crippen molar-refractivity contribution in [1.82, 2.24) is 9.55 Å². The SMILES string of the molecule is Cc1c(C)n(Cc2ccc(Cl)s2)c2c(N3CCC(c4ccccc4)CC3)nccc12. The summed E-state index contributed by atoms with van der Waals surface area (Å²) in [5, 5.41) is 1.31. The van der Waals surface area contributed by atoms with Crippen LogP contribution < -0.4 is 4.90 Å². The summed E-state index contributed by atoms with van der Waals surface area (Å²) >= 11 is 7.85. The Hall–Kier alpha value is -2.30. The molecule has 0 saturated carbocycles. The number of fused-ring (bicyclic) bond motifs is 1. The predicted octanol–water partition coefficient (Wildman–Crippen LogP) is 6.80. The molecule has 0 unspecified atom stereocenters. The van der Waals surface area contributed by atoms with Crippen molar-refractivity contribution in [2.75, 3.05) is 18.0 Å². The van der Waals surface area contributed by atoms with Crippen LogP contribution in [-0.4, -0.2) is 22.6 Å². The maximum absolute atomic E-state index is 6.20. The average molecular weight is 436 g/mol. The van der Waals surface area contributed by atoms with Crippen molar-refractivity contribution in [2.45, 2.75) is 39.2 Å². The lowest BCUT2D eigenvalue weighted by atomic mass is 9.89. The molecule has 1 fully saturated rings. The molecule has 30 heavy (non-hydrogen) atoms. The summed E-state index contributed by atoms with van der Waals surface area (Å²) in [5.74, 6) is 1.77. The monoisotopic (exact) mass is 435 g/mol. The third kappa shape index (κ3) is 3.52. The van der Waals surface area contributed by atoms with Gasteiger partial charge >= 0.3 is 0 Å². The number of hydrogen-bond acceptors (Lipinski definition) is 3. The molecular formula is C25H26ClN3S. The number of pyridine rings is 1. The Labute approximate surface area is 186 Å². The molecule has 0 spiro atoms. The van der Waals surface area contributed by atoms with E-state index in [-0.39, 0.29) is 0 Å². The second-order valence-corrected chi connectivity index (χ2v) is 10.0. The van der Waals surface area contributed by atoms with E-state index in [9.17, 15) is 0 Å². The molecule has 1 saturated heterocycles. The fourth-order valence-electron chi connectivity index (χ4n) is 4.75. The molecule has 0 amide bonds. The first-order valence-corrected chi connectivity index (χ1v) is 11.8. The molecule has 1 aliphatic heterocycles. The summed E-state index contributed by atoms with van der Waals surface area (Å²) in [7, 11) is 0. The zero-order valence-electron chi connectivity index (χ0n) is 17.4. The number of aryl methyl sites for hydroxylation is 1. The Kier molecular flexibility index (Phi) is 5.30. The van der Waals surface area contributed by atoms with Gasteiger partial charge in [-0.3, -0.25) is 0 Å². The quantitative estimate of drug-likeness (QED) is 0.351. The lowest BCUT2D eigenvalue weighted by Gasteiger charge is -2.33. The van der Waals surface area contributed by atoms with Crippen LogP contribution in [0.2, 0.25) is 4.34 Å². The highest BCUT2D eigenvalue weighted by Gasteiger charge is 2.25. The first-order chi connectivity index (χ1) is 14.6. The number of rotatable bonds is 4. The zero-order valence-corrected chi connectivity index (χ0v) is 19.0. The normalized spacial score (nSPS) is 15.2. The first kappa shape index (κ1) is 19.7. The number of anilines is 1. The summed E-state index contributed by atoms with van der Waals surface area (Å²) in [6.45, 7) is 7.36. The molecule has 0 atom stereocenters. The van der Waals surface area contributed by atoms with Crippen LogP contribution in [-0.2, 0) is 6.54 Å². The predicted molar refractivity (Wildman–Crippen MR) is 128 cm³/mol. The van der Waals surface area contributed by atoms with Crippen molar-refractivity contribution in [3.8, 4) is 0 Å². The third-order valence-electron chi connectivity index (χ3n) is 6.53. The van der Waals surface area contributed by atoms with Crippen LogP contribution in [0.15, 0.2) is 54.7 Å². The Morgan fingerprint density at radius 1 is 1.03 bits per heavy atom. The van der Waals surface area contributed by atoms with Crippen molar-refractivity contribution in [2.24, 2.45) is 0 Å². The van der Waals surface area contributed by atoms with Gasteiger partial charge in [-0.2, -0.15) is 0 Å². The molecule has 5 heteroatoms. The smallest absolute Gasteiger partial charge is 0.153 e. The third-order valence-corrected chi connectivity index (χ3v) is 7.75. The summed E-state index contributed by atoms with van der Waals surface area (Å²) < 4.78 is 3.27. The van der Waals surface area contributed by atoms with E-state index in [4.69, 9.17) is 16.6 Å². The van der Waals surface area contributed by atoms with Crippen molar-refractivity contribution >= 4 is 39.7 Å². The molecule has 4 aromatic rings. The van der Waals surface area contributed by atoms with Crippen LogP contribution in [0.25, 0.3) is 10.9 Å². The van der Waals surface area contributed by atoms with Gasteiger partial charge in [-0.05, 0) is 61.9 Å². The largest absolute Gasteiger partial charge is 0.355 e. The number of nitrogens with zero attached hydrogens (tertiary/aromatic N) is 3. The van der Waals surface area contributed by atoms with Crippen LogP contribution in [0.5, 0.6) is 0 Å². The van der Waals surface area contributed by atoms with E-state index in [0.29, 0.717) is 5.92 Å². The number of piperidine rings is 1. The van der Waals surface area contributed by atoms with Crippen molar-refractivity contribution in [1.29, 1.82) is 0 Å². The minimum atomic E-state index is 0.644. The van der Waals surface area contributed by atoms with E-state index < -0.39 is 0 Å². The maximum atomic E-state index is 6.20. The summed E-state index contributed by atoms with van der Waals surface area (Å²) in [4.78, 5) is 8.63. The highest BCUT2D eigenvalue weighted by Crippen LogP contribution is 2.36. The van der Waals surface area contributed by atoms with Crippen molar-refractivity contribution in [3.05, 3.63) is 80.8 Å². The van der Waals surface area contributed by atoms with Gasteiger partial charge in [-0.15, -0.1) is 11.3 Å². The molecule has 0 bridgehead atoms. The lowest BCUT2D eigenvalue weighted by molar-refractivity contribution is 0.503. The second kappa shape index (κ2) is 8.09. The topological polar surface area (TPSA) is 21.1 Å². The number of benzene rings is 1. The molecule has 4 heterocycles. The number of halogens is 1. The summed E-state index contributed by atoms with van der Waals surface area (Å²) in [5.41, 5.74) is 5.38. The van der Waals surface area contributed by atoms with Crippen LogP contribution in [0, 0.1) is 13.8 Å². The Balaban J connectivity index is 1.48. The van der Waals surface area contributed by atoms with Gasteiger partial charge in [0.05, 0.1) is 16.4 Å². The molecule has 3 nitrogen and oxygen atoms in total. The maximum Gasteiger partial charge on any atom is 0.153 e. The van der Waals surface area contributed by atoms with E-state index in [1.165, 1.54) is 45.4 Å². The van der Waals surface area contributed by atoms with E-state index in [1.807, 2.05) is 12.3 Å². The molecule has 0 radical (unpaired) electrons. The van der Waals surface area contributed by atoms with Gasteiger partial charge in [0.15, 0.2) is 5.82 Å². The van der Waals surface area contributed by atoms with Crippen LogP contribution in [0.3, 0.4) is 0 Å². The van der Waals surface area contributed by atoms with Gasteiger partial charge in [-0.25, -0.2) is 4.98 Å². The molecule has 0 aliphatic carbocycles. The van der Waals surface area contributed by atoms with E-state index in [1.54, 1.807) is 11.3 Å². The van der Waals surface area contributed by atoms with Gasteiger partial charge in [-0.1, -0.05) is 41.9 Å². The van der Waals surface area contributed by atoms with E-state index >= 15 is 0 Å². The number of thiophene rings is 1. The molecule has 1 aromatic carbocycles. The summed E-state index contributed by atoms with van der Waals surface area (Å²) in [6.07, 6.45) is 4.31. The number of aromatic nitrogens is 2. The minimum Gasteiger partial charge on any atom is -0.355 e. The van der Waals surface area contributed by atoms with Gasteiger partial charge in [0.1, 0.15) is 0 Å². The molecule has 5 rings (SSSR count). The lowest BCUT2D eigenvalue weighted by Crippen LogP contribution is -2.33. The van der Waals surface area contributed by atoms with Gasteiger partial charge in [0.25, 0.3) is 0 Å². The first-order valence-electron chi connectivity index (χ1n) is 10.6. The highest BCUT2D eigenvalue weighted by atomic mass is 35.5. The Bertz CT molecular complexity index is 1170. The second-order valence-electron chi connectivity index (χ2n) is 8.21. The number of hydrogen-bond donors (Lipinski definition) is 0. The molecule has 0 N–H and O–H groups in total. The highest BCUT2D eigenvalue weighted by molar-refractivity contribution is 7.16. The summed E-state index contributed by atoms with van der Waals surface area (Å²) in [6, 6.07) is 17.2. The van der Waals surface area contributed by atoms with Crippen molar-refractivity contribution in [3.63, 3.8) is 0 Å². The van der Waals surface area contributed by atoms with Crippen LogP contribution >= 0.6 is 22.9 Å². The molecule has 1 aliphatic rings. The fraction of sp³-hybridized carbons (Fsp3) is 0.320. The molecular weight excluding hydrogens is 410 g/mol. The minimum absolute atomic E-state index is 0.644. The van der Waals surface area contributed by atoms with E-state index in [2.05, 4.69) is 65.8 Å². The average Bonchev–Trinajstić information content (AvgIpc) is 3.31. The standard InChI is InChI=1S/C25H26ClN3S/c1-17-18(2)29(16-21-8-9-23(26)30-21)24-22(17)10-13-27-25(24)28-14-11-20(12-15-28)19-6-4-3-5-7-19/h3-10,13,20H,11-12,14-16H2,1-2H3. The van der Waals surface area contributed by atoms with Gasteiger partial charge in [0, 0.05) is 35.2 Å². The van der Waals surface area contributed by atoms with Gasteiger partial charge in [0.2, 0.25) is 0 Å². The van der Waals surface area contributed by atoms with Crippen molar-refractivity contribution < 1.29 is 0 Å². The zero-order chi connectivity index (χ0) is 20.7. The Morgan fingerprint density at radius 2 is 1.80 bits per heavy atom. The Morgan fingerprint density at radius 3 is 2.50 bits per heavy atom. The molecule has 154 valence electrons. The fourth-order valence-corrected chi connectivity index (χ4v) is 5.82. The van der Waals surface area contributed by atoms with Crippen LogP contribution in [0.4, 0.5) is 5.82 Å².